The van der Waals surface area contributed by atoms with Crippen molar-refractivity contribution in [3.8, 4) is 12.1 Å². The quantitative estimate of drug-likeness (QED) is 0.712. The van der Waals surface area contributed by atoms with Crippen molar-refractivity contribution in [2.75, 3.05) is 41.3 Å². The van der Waals surface area contributed by atoms with Crippen molar-refractivity contribution in [3.63, 3.8) is 0 Å². The van der Waals surface area contributed by atoms with Crippen molar-refractivity contribution in [3.05, 3.63) is 0 Å². The maximum atomic E-state index is 8.42. The fraction of sp³-hybridized carbons (Fsp3) is 0.846. The molecule has 0 aliphatic rings. The summed E-state index contributed by atoms with van der Waals surface area (Å²) in [5.74, 6) is 0. The number of hydrogen-bond donors (Lipinski definition) is 1. The van der Waals surface area contributed by atoms with Gasteiger partial charge in [-0.2, -0.15) is 10.5 Å². The van der Waals surface area contributed by atoms with Crippen LogP contribution in [0.25, 0.3) is 0 Å². The predicted octanol–water partition coefficient (Wildman–Crippen LogP) is 0.900. The van der Waals surface area contributed by atoms with Gasteiger partial charge in [-0.05, 0) is 61.5 Å². The molecule has 0 heterocycles. The number of nitriles is 2. The lowest BCUT2D eigenvalue weighted by molar-refractivity contribution is 0.371. The Morgan fingerprint density at radius 2 is 1.61 bits per heavy atom. The first kappa shape index (κ1) is 19.2. The Balaban J connectivity index is 0. The van der Waals surface area contributed by atoms with E-state index in [-0.39, 0.29) is 12.1 Å². The van der Waals surface area contributed by atoms with E-state index in [1.165, 1.54) is 0 Å². The molecular weight excluding hydrogens is 226 g/mol. The molecule has 0 aromatic heterocycles. The zero-order valence-electron chi connectivity index (χ0n) is 12.6. The van der Waals surface area contributed by atoms with E-state index < -0.39 is 0 Å². The lowest BCUT2D eigenvalue weighted by Crippen LogP contribution is -2.27. The molecule has 0 bridgehead atoms. The van der Waals surface area contributed by atoms with Crippen molar-refractivity contribution in [2.24, 2.45) is 0 Å². The number of nitrogens with one attached hydrogen (secondary N) is 1. The third-order valence-electron chi connectivity index (χ3n) is 2.39. The third-order valence-corrected chi connectivity index (χ3v) is 2.39. The highest BCUT2D eigenvalue weighted by Gasteiger charge is 1.97. The molecule has 0 radical (unpaired) electrons. The second-order valence-corrected chi connectivity index (χ2v) is 4.73. The third kappa shape index (κ3) is 14.9. The van der Waals surface area contributed by atoms with E-state index in [1.807, 2.05) is 46.9 Å². The molecule has 5 nitrogen and oxygen atoms in total. The van der Waals surface area contributed by atoms with Crippen LogP contribution >= 0.6 is 0 Å². The van der Waals surface area contributed by atoms with E-state index in [0.29, 0.717) is 0 Å². The molecule has 1 N–H and O–H groups in total. The number of hydrogen-bond acceptors (Lipinski definition) is 5. The minimum atomic E-state index is -0.0165. The zero-order chi connectivity index (χ0) is 14.6. The van der Waals surface area contributed by atoms with Crippen LogP contribution in [-0.4, -0.2) is 63.2 Å². The monoisotopic (exact) mass is 253 g/mol. The molecule has 0 fully saturated rings. The summed E-state index contributed by atoms with van der Waals surface area (Å²) >= 11 is 0. The Hall–Kier alpha value is -1.14. The summed E-state index contributed by atoms with van der Waals surface area (Å²) in [6.45, 7) is 5.73. The van der Waals surface area contributed by atoms with Crippen molar-refractivity contribution in [2.45, 2.75) is 32.4 Å². The van der Waals surface area contributed by atoms with Gasteiger partial charge in [-0.15, -0.1) is 0 Å². The van der Waals surface area contributed by atoms with E-state index >= 15 is 0 Å². The minimum Gasteiger partial charge on any atom is -0.309 e. The molecule has 0 aliphatic heterocycles. The molecule has 0 amide bonds. The summed E-state index contributed by atoms with van der Waals surface area (Å²) < 4.78 is 0. The Labute approximate surface area is 112 Å². The molecule has 0 aromatic carbocycles. The average Bonchev–Trinajstić information content (AvgIpc) is 2.33. The molecule has 2 atom stereocenters. The Morgan fingerprint density at radius 1 is 1.06 bits per heavy atom. The normalized spacial score (nSPS) is 13.2. The van der Waals surface area contributed by atoms with E-state index in [1.54, 1.807) is 0 Å². The van der Waals surface area contributed by atoms with Gasteiger partial charge in [0.25, 0.3) is 0 Å². The summed E-state index contributed by atoms with van der Waals surface area (Å²) in [5, 5.41) is 19.7. The standard InChI is InChI=1S/C8H17N3.C5H10N2/c1-8(7-9)10-5-4-6-11(2)3;1-5(4-6)7(2)3/h8,10H,4-6H2,1-3H3;5H,1-3H3. The van der Waals surface area contributed by atoms with Crippen LogP contribution < -0.4 is 5.32 Å². The number of rotatable bonds is 6. The van der Waals surface area contributed by atoms with Crippen molar-refractivity contribution in [1.29, 1.82) is 10.5 Å². The van der Waals surface area contributed by atoms with Gasteiger partial charge in [0.1, 0.15) is 0 Å². The van der Waals surface area contributed by atoms with Gasteiger partial charge in [-0.25, -0.2) is 0 Å². The van der Waals surface area contributed by atoms with E-state index in [0.717, 1.165) is 19.5 Å². The molecule has 0 rings (SSSR count). The van der Waals surface area contributed by atoms with Crippen molar-refractivity contribution in [1.82, 2.24) is 15.1 Å². The SMILES string of the molecule is CC(C#N)N(C)C.CC(C#N)NCCCN(C)C. The molecule has 0 spiro atoms. The zero-order valence-corrected chi connectivity index (χ0v) is 12.6. The van der Waals surface area contributed by atoms with E-state index in [4.69, 9.17) is 10.5 Å². The topological polar surface area (TPSA) is 66.1 Å². The Kier molecular flexibility index (Phi) is 13.1. The first-order valence-corrected chi connectivity index (χ1v) is 6.18. The Bertz CT molecular complexity index is 262. The van der Waals surface area contributed by atoms with Crippen LogP contribution in [0.15, 0.2) is 0 Å². The first-order chi connectivity index (χ1) is 8.34. The summed E-state index contributed by atoms with van der Waals surface area (Å²) in [4.78, 5) is 4.00. The summed E-state index contributed by atoms with van der Waals surface area (Å²) in [6, 6.07) is 4.24. The smallest absolute Gasteiger partial charge is 0.0944 e. The van der Waals surface area contributed by atoms with Gasteiger partial charge in [-0.3, -0.25) is 4.90 Å². The van der Waals surface area contributed by atoms with Gasteiger partial charge in [0.2, 0.25) is 0 Å². The molecule has 104 valence electrons. The molecule has 0 aromatic rings. The molecule has 5 heteroatoms. The van der Waals surface area contributed by atoms with Gasteiger partial charge in [0.05, 0.1) is 24.2 Å². The van der Waals surface area contributed by atoms with Crippen LogP contribution in [0.4, 0.5) is 0 Å². The summed E-state index contributed by atoms with van der Waals surface area (Å²) in [7, 11) is 7.86. The molecule has 18 heavy (non-hydrogen) atoms. The largest absolute Gasteiger partial charge is 0.309 e. The molecule has 2 unspecified atom stereocenters. The highest BCUT2D eigenvalue weighted by Crippen LogP contribution is 1.84. The van der Waals surface area contributed by atoms with E-state index in [9.17, 15) is 0 Å². The van der Waals surface area contributed by atoms with Crippen molar-refractivity contribution < 1.29 is 0 Å². The Morgan fingerprint density at radius 3 is 1.89 bits per heavy atom. The molecule has 0 saturated heterocycles. The first-order valence-electron chi connectivity index (χ1n) is 6.18. The number of nitrogens with zero attached hydrogens (tertiary/aromatic N) is 4. The van der Waals surface area contributed by atoms with Crippen LogP contribution in [0.3, 0.4) is 0 Å². The van der Waals surface area contributed by atoms with Gasteiger partial charge in [0.15, 0.2) is 0 Å². The molecule has 0 saturated carbocycles. The summed E-state index contributed by atoms with van der Waals surface area (Å²) in [6.07, 6.45) is 1.10. The second kappa shape index (κ2) is 12.3. The van der Waals surface area contributed by atoms with Crippen LogP contribution in [-0.2, 0) is 0 Å². The van der Waals surface area contributed by atoms with Crippen LogP contribution in [0, 0.1) is 22.7 Å². The maximum Gasteiger partial charge on any atom is 0.0944 e. The highest BCUT2D eigenvalue weighted by atomic mass is 15.1. The lowest BCUT2D eigenvalue weighted by atomic mass is 10.3. The highest BCUT2D eigenvalue weighted by molar-refractivity contribution is 4.85. The summed E-state index contributed by atoms with van der Waals surface area (Å²) in [5.41, 5.74) is 0. The fourth-order valence-corrected chi connectivity index (χ4v) is 0.875. The molecular formula is C13H27N5. The second-order valence-electron chi connectivity index (χ2n) is 4.73. The van der Waals surface area contributed by atoms with Gasteiger partial charge >= 0.3 is 0 Å². The van der Waals surface area contributed by atoms with Crippen LogP contribution in [0.2, 0.25) is 0 Å². The van der Waals surface area contributed by atoms with Gasteiger partial charge in [0, 0.05) is 0 Å². The van der Waals surface area contributed by atoms with E-state index in [2.05, 4.69) is 22.4 Å². The van der Waals surface area contributed by atoms with Gasteiger partial charge in [-0.1, -0.05) is 0 Å². The lowest BCUT2D eigenvalue weighted by Gasteiger charge is -2.10. The maximum absolute atomic E-state index is 8.42. The van der Waals surface area contributed by atoms with Gasteiger partial charge < -0.3 is 10.2 Å². The van der Waals surface area contributed by atoms with Crippen molar-refractivity contribution >= 4 is 0 Å². The fourth-order valence-electron chi connectivity index (χ4n) is 0.875. The van der Waals surface area contributed by atoms with Crippen LogP contribution in [0.5, 0.6) is 0 Å². The molecule has 0 aliphatic carbocycles. The average molecular weight is 253 g/mol. The van der Waals surface area contributed by atoms with Crippen LogP contribution in [0.1, 0.15) is 20.3 Å². The predicted molar refractivity (Wildman–Crippen MR) is 75.0 cm³/mol. The minimum absolute atomic E-state index is 0.0165.